The molecule has 0 aliphatic rings. The summed E-state index contributed by atoms with van der Waals surface area (Å²) in [6.45, 7) is 8.41. The minimum atomic E-state index is -0.217. The van der Waals surface area contributed by atoms with Crippen LogP contribution in [0.5, 0.6) is 0 Å². The Hall–Kier alpha value is -1.10. The number of esters is 2. The number of methoxy groups -OCH3 is 2. The van der Waals surface area contributed by atoms with Crippen LogP contribution in [-0.2, 0) is 19.1 Å². The minimum Gasteiger partial charge on any atom is -0.469 e. The quantitative estimate of drug-likeness (QED) is 0.276. The summed E-state index contributed by atoms with van der Waals surface area (Å²) in [5.74, 6) is -0.289. The molecule has 28 heavy (non-hydrogen) atoms. The number of hydrogen-bond donors (Lipinski definition) is 1. The summed E-state index contributed by atoms with van der Waals surface area (Å²) in [7, 11) is 2.87. The smallest absolute Gasteiger partial charge is 0.306 e. The zero-order chi connectivity index (χ0) is 21.6. The average Bonchev–Trinajstić information content (AvgIpc) is 2.59. The van der Waals surface area contributed by atoms with E-state index in [4.69, 9.17) is 9.47 Å². The van der Waals surface area contributed by atoms with E-state index in [1.165, 1.54) is 14.2 Å². The monoisotopic (exact) mass is 400 g/mol. The van der Waals surface area contributed by atoms with E-state index in [9.17, 15) is 14.7 Å². The van der Waals surface area contributed by atoms with Gasteiger partial charge in [-0.1, -0.05) is 66.2 Å². The molecule has 0 saturated carbocycles. The fourth-order valence-corrected chi connectivity index (χ4v) is 3.57. The fourth-order valence-electron chi connectivity index (χ4n) is 3.57. The van der Waals surface area contributed by atoms with Crippen LogP contribution in [0.3, 0.4) is 0 Å². The van der Waals surface area contributed by atoms with Crippen LogP contribution < -0.4 is 0 Å². The maximum absolute atomic E-state index is 11.4. The summed E-state index contributed by atoms with van der Waals surface area (Å²) in [6.07, 6.45) is 10.8. The number of hydrogen-bond acceptors (Lipinski definition) is 5. The summed E-state index contributed by atoms with van der Waals surface area (Å²) in [4.78, 5) is 22.8. The molecule has 0 amide bonds. The zero-order valence-electron chi connectivity index (χ0n) is 19.1. The number of carbonyl (C=O) groups excluding carboxylic acids is 2. The highest BCUT2D eigenvalue weighted by Gasteiger charge is 2.22. The summed E-state index contributed by atoms with van der Waals surface area (Å²) in [5.41, 5.74) is -0.0410. The highest BCUT2D eigenvalue weighted by atomic mass is 16.5. The summed E-state index contributed by atoms with van der Waals surface area (Å²) in [6, 6.07) is 0. The van der Waals surface area contributed by atoms with Crippen molar-refractivity contribution in [2.45, 2.75) is 111 Å². The first-order chi connectivity index (χ1) is 13.0. The van der Waals surface area contributed by atoms with Crippen LogP contribution in [0.15, 0.2) is 0 Å². The Bertz CT molecular complexity index is 402. The summed E-state index contributed by atoms with van der Waals surface area (Å²) >= 11 is 0. The molecule has 0 fully saturated rings. The number of unbranched alkanes of at least 4 members (excludes halogenated alkanes) is 4. The first-order valence-corrected chi connectivity index (χ1v) is 10.8. The van der Waals surface area contributed by atoms with E-state index >= 15 is 0 Å². The standard InChI is InChI=1S/C23H44O5/c1-22(2,17-20(25)27-5)15-11-7-9-13-19(24)14-10-8-12-16-23(3,4)18-21(26)28-6/h19,24H,7-18H2,1-6H3. The molecule has 0 saturated heterocycles. The average molecular weight is 401 g/mol. The van der Waals surface area contributed by atoms with Gasteiger partial charge in [-0.3, -0.25) is 9.59 Å². The molecule has 5 nitrogen and oxygen atoms in total. The van der Waals surface area contributed by atoms with Gasteiger partial charge < -0.3 is 14.6 Å². The highest BCUT2D eigenvalue weighted by Crippen LogP contribution is 2.29. The lowest BCUT2D eigenvalue weighted by Gasteiger charge is -2.23. The molecule has 0 aliphatic heterocycles. The van der Waals surface area contributed by atoms with E-state index in [0.29, 0.717) is 12.8 Å². The molecule has 0 bridgehead atoms. The molecule has 0 rings (SSSR count). The maximum atomic E-state index is 11.4. The minimum absolute atomic E-state index is 0.0205. The van der Waals surface area contributed by atoms with Gasteiger partial charge in [-0.2, -0.15) is 0 Å². The van der Waals surface area contributed by atoms with E-state index < -0.39 is 0 Å². The molecule has 0 aliphatic carbocycles. The molecule has 0 radical (unpaired) electrons. The van der Waals surface area contributed by atoms with Gasteiger partial charge in [0.2, 0.25) is 0 Å². The molecule has 1 N–H and O–H groups in total. The lowest BCUT2D eigenvalue weighted by molar-refractivity contribution is -0.144. The van der Waals surface area contributed by atoms with Crippen LogP contribution in [0, 0.1) is 10.8 Å². The van der Waals surface area contributed by atoms with Crippen molar-refractivity contribution in [1.29, 1.82) is 0 Å². The molecular weight excluding hydrogens is 356 g/mol. The molecule has 0 unspecified atom stereocenters. The Kier molecular flexibility index (Phi) is 13.4. The van der Waals surface area contributed by atoms with Crippen molar-refractivity contribution < 1.29 is 24.2 Å². The highest BCUT2D eigenvalue weighted by molar-refractivity contribution is 5.70. The lowest BCUT2D eigenvalue weighted by atomic mass is 9.83. The van der Waals surface area contributed by atoms with Crippen LogP contribution in [0.4, 0.5) is 0 Å². The Morgan fingerprint density at radius 2 is 1.07 bits per heavy atom. The molecule has 0 aromatic carbocycles. The van der Waals surface area contributed by atoms with Crippen LogP contribution in [-0.4, -0.2) is 37.4 Å². The summed E-state index contributed by atoms with van der Waals surface area (Å²) < 4.78 is 9.50. The SMILES string of the molecule is COC(=O)CC(C)(C)CCCCCC(O)CCCCCC(C)(C)CC(=O)OC. The van der Waals surface area contributed by atoms with E-state index in [0.717, 1.165) is 64.2 Å². The molecule has 0 heterocycles. The van der Waals surface area contributed by atoms with Crippen molar-refractivity contribution in [1.82, 2.24) is 0 Å². The predicted octanol–water partition coefficient (Wildman–Crippen LogP) is 5.43. The van der Waals surface area contributed by atoms with Gasteiger partial charge in [-0.25, -0.2) is 0 Å². The van der Waals surface area contributed by atoms with Gasteiger partial charge in [0.15, 0.2) is 0 Å². The van der Waals surface area contributed by atoms with E-state index in [-0.39, 0.29) is 28.9 Å². The van der Waals surface area contributed by atoms with Gasteiger partial charge in [-0.15, -0.1) is 0 Å². The van der Waals surface area contributed by atoms with Crippen LogP contribution in [0.2, 0.25) is 0 Å². The Morgan fingerprint density at radius 3 is 1.39 bits per heavy atom. The maximum Gasteiger partial charge on any atom is 0.306 e. The van der Waals surface area contributed by atoms with Gasteiger partial charge >= 0.3 is 11.9 Å². The van der Waals surface area contributed by atoms with Crippen LogP contribution in [0.25, 0.3) is 0 Å². The topological polar surface area (TPSA) is 72.8 Å². The number of ether oxygens (including phenoxy) is 2. The second kappa shape index (κ2) is 14.0. The van der Waals surface area contributed by atoms with Crippen molar-refractivity contribution in [3.05, 3.63) is 0 Å². The van der Waals surface area contributed by atoms with E-state index in [1.807, 2.05) is 0 Å². The zero-order valence-corrected chi connectivity index (χ0v) is 19.1. The third-order valence-electron chi connectivity index (χ3n) is 5.48. The van der Waals surface area contributed by atoms with Crippen molar-refractivity contribution in [3.8, 4) is 0 Å². The number of aliphatic hydroxyl groups is 1. The van der Waals surface area contributed by atoms with Gasteiger partial charge in [0.05, 0.1) is 33.2 Å². The van der Waals surface area contributed by atoms with Crippen molar-refractivity contribution >= 4 is 11.9 Å². The molecule has 5 heteroatoms. The first-order valence-electron chi connectivity index (χ1n) is 10.8. The van der Waals surface area contributed by atoms with Gasteiger partial charge in [0.1, 0.15) is 0 Å². The molecule has 0 aromatic rings. The summed E-state index contributed by atoms with van der Waals surface area (Å²) in [5, 5.41) is 10.1. The first kappa shape index (κ1) is 26.9. The van der Waals surface area contributed by atoms with E-state index in [1.54, 1.807) is 0 Å². The molecule has 0 atom stereocenters. The lowest BCUT2D eigenvalue weighted by Crippen LogP contribution is -2.18. The second-order valence-electron chi connectivity index (χ2n) is 9.69. The van der Waals surface area contributed by atoms with E-state index in [2.05, 4.69) is 27.7 Å². The van der Waals surface area contributed by atoms with Crippen LogP contribution >= 0.6 is 0 Å². The van der Waals surface area contributed by atoms with Gasteiger partial charge in [0, 0.05) is 0 Å². The van der Waals surface area contributed by atoms with Crippen molar-refractivity contribution in [2.75, 3.05) is 14.2 Å². The molecule has 166 valence electrons. The number of rotatable bonds is 16. The Labute approximate surface area is 172 Å². The fraction of sp³-hybridized carbons (Fsp3) is 0.913. The Balaban J connectivity index is 3.71. The number of carbonyl (C=O) groups is 2. The van der Waals surface area contributed by atoms with Crippen molar-refractivity contribution in [2.24, 2.45) is 10.8 Å². The normalized spacial score (nSPS) is 12.3. The molecule has 0 aromatic heterocycles. The third-order valence-corrected chi connectivity index (χ3v) is 5.48. The Morgan fingerprint density at radius 1 is 0.714 bits per heavy atom. The van der Waals surface area contributed by atoms with Crippen LogP contribution in [0.1, 0.15) is 105 Å². The number of aliphatic hydroxyl groups excluding tert-OH is 1. The third kappa shape index (κ3) is 14.9. The van der Waals surface area contributed by atoms with Gasteiger partial charge in [-0.05, 0) is 36.5 Å². The largest absolute Gasteiger partial charge is 0.469 e. The predicted molar refractivity (Wildman–Crippen MR) is 113 cm³/mol. The van der Waals surface area contributed by atoms with Crippen molar-refractivity contribution in [3.63, 3.8) is 0 Å². The van der Waals surface area contributed by atoms with Gasteiger partial charge in [0.25, 0.3) is 0 Å². The second-order valence-corrected chi connectivity index (χ2v) is 9.69. The molecule has 0 spiro atoms. The molecular formula is C23H44O5.